The van der Waals surface area contributed by atoms with Gasteiger partial charge in [0.05, 0.1) is 33.0 Å². The average Bonchev–Trinajstić information content (AvgIpc) is 3.23. The molecule has 4 rings (SSSR count). The third-order valence-corrected chi connectivity index (χ3v) is 5.62. The van der Waals surface area contributed by atoms with E-state index < -0.39 is 29.7 Å². The summed E-state index contributed by atoms with van der Waals surface area (Å²) in [5.74, 6) is -4.43. The van der Waals surface area contributed by atoms with Crippen molar-refractivity contribution in [3.63, 3.8) is 0 Å². The minimum Gasteiger partial charge on any atom is -0.478 e. The normalized spacial score (nSPS) is 18.7. The maximum atomic E-state index is 12.9. The van der Waals surface area contributed by atoms with Crippen LogP contribution >= 0.6 is 11.8 Å². The molecule has 2 heterocycles. The molecular weight excluding hydrogens is 438 g/mol. The monoisotopic (exact) mass is 451 g/mol. The first-order valence-electron chi connectivity index (χ1n) is 9.05. The topological polar surface area (TPSA) is 153 Å². The van der Waals surface area contributed by atoms with Crippen molar-refractivity contribution in [2.24, 2.45) is 4.99 Å². The number of benzene rings is 2. The number of para-hydroxylation sites is 1. The van der Waals surface area contributed by atoms with Crippen LogP contribution in [0.1, 0.15) is 33.2 Å². The van der Waals surface area contributed by atoms with Crippen molar-refractivity contribution >= 4 is 63.5 Å². The van der Waals surface area contributed by atoms with Gasteiger partial charge in [0.25, 0.3) is 11.8 Å². The van der Waals surface area contributed by atoms with Crippen LogP contribution in [0.5, 0.6) is 0 Å². The summed E-state index contributed by atoms with van der Waals surface area (Å²) in [6.07, 6.45) is 0. The SMILES string of the molecule is CC(=O)N1C(=O)/C(=C2\SC(=Nc3cc(C(=O)O)cc(C(=O)O)c3)NC2=O)c2ccccc21. The van der Waals surface area contributed by atoms with E-state index in [1.807, 2.05) is 0 Å². The van der Waals surface area contributed by atoms with Gasteiger partial charge in [-0.3, -0.25) is 14.4 Å². The van der Waals surface area contributed by atoms with Gasteiger partial charge in [-0.05, 0) is 36.0 Å². The second-order valence-corrected chi connectivity index (χ2v) is 7.73. The number of amides is 3. The molecule has 0 spiro atoms. The molecule has 1 saturated heterocycles. The number of carbonyl (C=O) groups excluding carboxylic acids is 3. The van der Waals surface area contributed by atoms with E-state index in [-0.39, 0.29) is 32.5 Å². The van der Waals surface area contributed by atoms with E-state index in [9.17, 15) is 34.2 Å². The minimum atomic E-state index is -1.34. The maximum Gasteiger partial charge on any atom is 0.335 e. The quantitative estimate of drug-likeness (QED) is 0.601. The number of thioether (sulfide) groups is 1. The number of carboxylic acid groups (broad SMARTS) is 2. The van der Waals surface area contributed by atoms with Gasteiger partial charge < -0.3 is 15.5 Å². The number of fused-ring (bicyclic) bond motifs is 1. The molecule has 32 heavy (non-hydrogen) atoms. The first-order chi connectivity index (χ1) is 15.2. The zero-order chi connectivity index (χ0) is 23.2. The van der Waals surface area contributed by atoms with E-state index in [0.29, 0.717) is 11.3 Å². The molecule has 0 atom stereocenters. The Morgan fingerprint density at radius 2 is 1.62 bits per heavy atom. The van der Waals surface area contributed by atoms with Gasteiger partial charge in [0.15, 0.2) is 5.17 Å². The predicted octanol–water partition coefficient (Wildman–Crippen LogP) is 2.24. The van der Waals surface area contributed by atoms with E-state index in [1.165, 1.54) is 6.92 Å². The van der Waals surface area contributed by atoms with Crippen LogP contribution in [0.3, 0.4) is 0 Å². The number of carboxylic acids is 2. The Bertz CT molecular complexity index is 1280. The van der Waals surface area contributed by atoms with Gasteiger partial charge in [0.2, 0.25) is 5.91 Å². The Kier molecular flexibility index (Phi) is 5.11. The third kappa shape index (κ3) is 3.54. The Labute approximate surface area is 184 Å². The molecular formula is C21H13N3O7S. The van der Waals surface area contributed by atoms with Crippen molar-refractivity contribution < 1.29 is 34.2 Å². The van der Waals surface area contributed by atoms with Crippen molar-refractivity contribution in [2.75, 3.05) is 4.90 Å². The zero-order valence-corrected chi connectivity index (χ0v) is 17.1. The van der Waals surface area contributed by atoms with Crippen LogP contribution in [-0.2, 0) is 14.4 Å². The second kappa shape index (κ2) is 7.78. The van der Waals surface area contributed by atoms with Crippen LogP contribution in [0.4, 0.5) is 11.4 Å². The number of nitrogens with zero attached hydrogens (tertiary/aromatic N) is 2. The smallest absolute Gasteiger partial charge is 0.335 e. The fraction of sp³-hybridized carbons (Fsp3) is 0.0476. The first-order valence-corrected chi connectivity index (χ1v) is 9.87. The number of aliphatic imine (C=N–C) groups is 1. The van der Waals surface area contributed by atoms with Gasteiger partial charge in [-0.1, -0.05) is 18.2 Å². The summed E-state index contributed by atoms with van der Waals surface area (Å²) >= 11 is 0.836. The van der Waals surface area contributed by atoms with Crippen LogP contribution in [0.15, 0.2) is 52.4 Å². The number of aromatic carboxylic acids is 2. The fourth-order valence-electron chi connectivity index (χ4n) is 3.33. The van der Waals surface area contributed by atoms with Crippen molar-refractivity contribution in [1.82, 2.24) is 5.32 Å². The molecule has 2 aromatic carbocycles. The third-order valence-electron chi connectivity index (χ3n) is 4.64. The van der Waals surface area contributed by atoms with Crippen molar-refractivity contribution in [1.29, 1.82) is 0 Å². The summed E-state index contributed by atoms with van der Waals surface area (Å²) in [5.41, 5.74) is 0.274. The minimum absolute atomic E-state index is 0.000129. The highest BCUT2D eigenvalue weighted by molar-refractivity contribution is 8.18. The summed E-state index contributed by atoms with van der Waals surface area (Å²) < 4.78 is 0. The van der Waals surface area contributed by atoms with Gasteiger partial charge in [-0.15, -0.1) is 0 Å². The molecule has 0 saturated carbocycles. The molecule has 0 bridgehead atoms. The Hall–Kier alpha value is -4.25. The van der Waals surface area contributed by atoms with Gasteiger partial charge >= 0.3 is 11.9 Å². The lowest BCUT2D eigenvalue weighted by atomic mass is 10.1. The average molecular weight is 451 g/mol. The van der Waals surface area contributed by atoms with E-state index in [1.54, 1.807) is 24.3 Å². The standard InChI is InChI=1S/C21H13N3O7S/c1-9(25)24-14-5-3-2-4-13(14)15(18(24)27)16-17(26)23-21(32-16)22-12-7-10(19(28)29)6-11(8-12)20(30)31/h2-8H,1H3,(H,28,29)(H,30,31)(H,22,23,26)/b16-15-. The number of imide groups is 1. The number of hydrogen-bond acceptors (Lipinski definition) is 7. The first kappa shape index (κ1) is 21.0. The molecule has 2 aliphatic heterocycles. The largest absolute Gasteiger partial charge is 0.478 e. The number of hydrogen-bond donors (Lipinski definition) is 3. The molecule has 0 aliphatic carbocycles. The molecule has 3 amide bonds. The maximum absolute atomic E-state index is 12.9. The lowest BCUT2D eigenvalue weighted by molar-refractivity contribution is -0.122. The van der Waals surface area contributed by atoms with E-state index in [0.717, 1.165) is 34.9 Å². The highest BCUT2D eigenvalue weighted by Crippen LogP contribution is 2.42. The molecule has 2 aliphatic rings. The van der Waals surface area contributed by atoms with Crippen LogP contribution in [0.2, 0.25) is 0 Å². The number of rotatable bonds is 3. The number of amidine groups is 1. The summed E-state index contributed by atoms with van der Waals surface area (Å²) in [5, 5.41) is 20.9. The fourth-order valence-corrected chi connectivity index (χ4v) is 4.26. The molecule has 0 aromatic heterocycles. The summed E-state index contributed by atoms with van der Waals surface area (Å²) in [4.78, 5) is 65.3. The molecule has 10 nitrogen and oxygen atoms in total. The van der Waals surface area contributed by atoms with Crippen molar-refractivity contribution in [3.05, 3.63) is 64.1 Å². The van der Waals surface area contributed by atoms with Gasteiger partial charge in [0.1, 0.15) is 0 Å². The molecule has 11 heteroatoms. The Balaban J connectivity index is 1.78. The highest BCUT2D eigenvalue weighted by atomic mass is 32.2. The van der Waals surface area contributed by atoms with E-state index >= 15 is 0 Å². The number of carbonyl (C=O) groups is 5. The van der Waals surface area contributed by atoms with E-state index in [4.69, 9.17) is 0 Å². The lowest BCUT2D eigenvalue weighted by Gasteiger charge is -2.11. The molecule has 1 fully saturated rings. The zero-order valence-electron chi connectivity index (χ0n) is 16.3. The highest BCUT2D eigenvalue weighted by Gasteiger charge is 2.40. The second-order valence-electron chi connectivity index (χ2n) is 6.73. The van der Waals surface area contributed by atoms with Crippen LogP contribution < -0.4 is 10.2 Å². The molecule has 0 unspecified atom stereocenters. The summed E-state index contributed by atoms with van der Waals surface area (Å²) in [6.45, 7) is 1.24. The summed E-state index contributed by atoms with van der Waals surface area (Å²) in [6, 6.07) is 9.87. The lowest BCUT2D eigenvalue weighted by Crippen LogP contribution is -2.31. The number of anilines is 1. The van der Waals surface area contributed by atoms with Gasteiger partial charge in [0, 0.05) is 12.5 Å². The molecule has 2 aromatic rings. The Morgan fingerprint density at radius 1 is 1.00 bits per heavy atom. The summed E-state index contributed by atoms with van der Waals surface area (Å²) in [7, 11) is 0. The van der Waals surface area contributed by atoms with Gasteiger partial charge in [-0.2, -0.15) is 0 Å². The van der Waals surface area contributed by atoms with Crippen LogP contribution in [-0.4, -0.2) is 45.0 Å². The van der Waals surface area contributed by atoms with Crippen LogP contribution in [0, 0.1) is 0 Å². The molecule has 160 valence electrons. The van der Waals surface area contributed by atoms with Gasteiger partial charge in [-0.25, -0.2) is 19.5 Å². The number of nitrogens with one attached hydrogen (secondary N) is 1. The van der Waals surface area contributed by atoms with Crippen molar-refractivity contribution in [2.45, 2.75) is 6.92 Å². The molecule has 0 radical (unpaired) electrons. The van der Waals surface area contributed by atoms with Crippen molar-refractivity contribution in [3.8, 4) is 0 Å². The van der Waals surface area contributed by atoms with Crippen LogP contribution in [0.25, 0.3) is 5.57 Å². The Morgan fingerprint density at radius 3 is 2.22 bits per heavy atom. The predicted molar refractivity (Wildman–Crippen MR) is 115 cm³/mol. The molecule has 3 N–H and O–H groups in total. The van der Waals surface area contributed by atoms with E-state index in [2.05, 4.69) is 10.3 Å².